The number of aliphatic hydroxyl groups is 1. The Hall–Kier alpha value is -0.630. The Morgan fingerprint density at radius 3 is 2.65 bits per heavy atom. The van der Waals surface area contributed by atoms with E-state index in [1.807, 2.05) is 16.8 Å². The van der Waals surface area contributed by atoms with Gasteiger partial charge in [0.1, 0.15) is 4.90 Å². The van der Waals surface area contributed by atoms with E-state index in [0.717, 1.165) is 5.56 Å². The van der Waals surface area contributed by atoms with Crippen molar-refractivity contribution in [2.24, 2.45) is 0 Å². The van der Waals surface area contributed by atoms with E-state index in [1.165, 1.54) is 23.5 Å². The lowest BCUT2D eigenvalue weighted by Gasteiger charge is -2.11. The molecule has 1 heterocycles. The fraction of sp³-hybridized carbons (Fsp3) is 0.167. The number of hydrogen-bond acceptors (Lipinski definition) is 4. The van der Waals surface area contributed by atoms with E-state index in [-0.39, 0.29) is 33.7 Å². The van der Waals surface area contributed by atoms with Crippen molar-refractivity contribution in [2.75, 3.05) is 0 Å². The van der Waals surface area contributed by atoms with E-state index >= 15 is 0 Å². The van der Waals surface area contributed by atoms with Crippen LogP contribution < -0.4 is 4.72 Å². The lowest BCUT2D eigenvalue weighted by Crippen LogP contribution is -2.23. The Balaban J connectivity index is 2.31. The van der Waals surface area contributed by atoms with Crippen molar-refractivity contribution in [1.82, 2.24) is 4.72 Å². The maximum Gasteiger partial charge on any atom is 0.242 e. The van der Waals surface area contributed by atoms with Crippen LogP contribution in [0.15, 0.2) is 33.9 Å². The van der Waals surface area contributed by atoms with Gasteiger partial charge in [-0.05, 0) is 40.1 Å². The molecule has 0 radical (unpaired) electrons. The zero-order chi connectivity index (χ0) is 14.8. The predicted molar refractivity (Wildman–Crippen MR) is 80.7 cm³/mol. The number of nitrogens with one attached hydrogen (secondary N) is 1. The number of sulfonamides is 1. The van der Waals surface area contributed by atoms with Crippen molar-refractivity contribution in [3.63, 3.8) is 0 Å². The van der Waals surface area contributed by atoms with Crippen molar-refractivity contribution in [2.45, 2.75) is 18.0 Å². The highest BCUT2D eigenvalue weighted by Gasteiger charge is 2.20. The monoisotopic (exact) mass is 351 g/mol. The summed E-state index contributed by atoms with van der Waals surface area (Å²) in [7, 11) is -3.79. The van der Waals surface area contributed by atoms with Gasteiger partial charge < -0.3 is 5.11 Å². The largest absolute Gasteiger partial charge is 0.392 e. The molecule has 0 fully saturated rings. The molecular formula is C12H11Cl2NO3S2. The van der Waals surface area contributed by atoms with Gasteiger partial charge in [0, 0.05) is 11.6 Å². The summed E-state index contributed by atoms with van der Waals surface area (Å²) in [6.07, 6.45) is 0. The van der Waals surface area contributed by atoms with E-state index in [1.54, 1.807) is 0 Å². The second-order valence-corrected chi connectivity index (χ2v) is 7.32. The first kappa shape index (κ1) is 15.8. The Labute approximate surface area is 131 Å². The first-order valence-electron chi connectivity index (χ1n) is 5.53. The summed E-state index contributed by atoms with van der Waals surface area (Å²) in [4.78, 5) is -0.133. The molecule has 4 nitrogen and oxygen atoms in total. The fourth-order valence-corrected chi connectivity index (χ4v) is 4.19. The SMILES string of the molecule is O=S(=O)(NCc1ccsc1)c1cc(Cl)cc(CO)c1Cl. The van der Waals surface area contributed by atoms with Crippen LogP contribution in [0.25, 0.3) is 0 Å². The first-order valence-corrected chi connectivity index (χ1v) is 8.72. The molecule has 1 aromatic heterocycles. The van der Waals surface area contributed by atoms with Gasteiger partial charge in [0.2, 0.25) is 10.0 Å². The van der Waals surface area contributed by atoms with Gasteiger partial charge in [-0.1, -0.05) is 23.2 Å². The molecule has 0 aliphatic rings. The Morgan fingerprint density at radius 2 is 2.05 bits per heavy atom. The lowest BCUT2D eigenvalue weighted by molar-refractivity contribution is 0.281. The van der Waals surface area contributed by atoms with Crippen LogP contribution >= 0.6 is 34.5 Å². The number of thiophene rings is 1. The molecule has 0 aliphatic carbocycles. The van der Waals surface area contributed by atoms with E-state index in [9.17, 15) is 8.42 Å². The molecule has 2 N–H and O–H groups in total. The third kappa shape index (κ3) is 3.52. The van der Waals surface area contributed by atoms with Crippen molar-refractivity contribution in [3.05, 3.63) is 50.1 Å². The van der Waals surface area contributed by atoms with Crippen LogP contribution in [-0.4, -0.2) is 13.5 Å². The van der Waals surface area contributed by atoms with Gasteiger partial charge in [-0.15, -0.1) is 0 Å². The average molecular weight is 352 g/mol. The van der Waals surface area contributed by atoms with E-state index in [2.05, 4.69) is 4.72 Å². The molecule has 0 spiro atoms. The molecule has 0 unspecified atom stereocenters. The Kier molecular flexibility index (Phi) is 5.06. The van der Waals surface area contributed by atoms with Crippen molar-refractivity contribution in [1.29, 1.82) is 0 Å². The zero-order valence-electron chi connectivity index (χ0n) is 10.1. The first-order chi connectivity index (χ1) is 9.44. The second-order valence-electron chi connectivity index (χ2n) is 3.99. The van der Waals surface area contributed by atoms with Crippen molar-refractivity contribution >= 4 is 44.6 Å². The number of aliphatic hydroxyl groups excluding tert-OH is 1. The van der Waals surface area contributed by atoms with Gasteiger partial charge in [-0.25, -0.2) is 13.1 Å². The summed E-state index contributed by atoms with van der Waals surface area (Å²) in [6, 6.07) is 4.52. The summed E-state index contributed by atoms with van der Waals surface area (Å²) in [5, 5.41) is 13.1. The molecule has 0 saturated heterocycles. The quantitative estimate of drug-likeness (QED) is 0.869. The van der Waals surface area contributed by atoms with Gasteiger partial charge in [0.25, 0.3) is 0 Å². The molecule has 2 aromatic rings. The maximum absolute atomic E-state index is 12.2. The smallest absolute Gasteiger partial charge is 0.242 e. The summed E-state index contributed by atoms with van der Waals surface area (Å²) in [5.41, 5.74) is 1.13. The molecule has 20 heavy (non-hydrogen) atoms. The topological polar surface area (TPSA) is 66.4 Å². The Morgan fingerprint density at radius 1 is 1.30 bits per heavy atom. The molecule has 0 amide bonds. The van der Waals surface area contributed by atoms with Crippen LogP contribution in [0.1, 0.15) is 11.1 Å². The normalized spacial score (nSPS) is 11.8. The number of rotatable bonds is 5. The number of hydrogen-bond donors (Lipinski definition) is 2. The van der Waals surface area contributed by atoms with E-state index in [0.29, 0.717) is 0 Å². The third-order valence-electron chi connectivity index (χ3n) is 2.59. The van der Waals surface area contributed by atoms with Gasteiger partial charge in [0.15, 0.2) is 0 Å². The fourth-order valence-electron chi connectivity index (χ4n) is 1.58. The van der Waals surface area contributed by atoms with Gasteiger partial charge in [-0.3, -0.25) is 0 Å². The van der Waals surface area contributed by atoms with Gasteiger partial charge in [-0.2, -0.15) is 11.3 Å². The number of halogens is 2. The van der Waals surface area contributed by atoms with Gasteiger partial charge >= 0.3 is 0 Å². The van der Waals surface area contributed by atoms with Crippen LogP contribution in [0.3, 0.4) is 0 Å². The molecule has 8 heteroatoms. The van der Waals surface area contributed by atoms with Crippen LogP contribution in [0.5, 0.6) is 0 Å². The number of benzene rings is 1. The zero-order valence-corrected chi connectivity index (χ0v) is 13.3. The van der Waals surface area contributed by atoms with E-state index in [4.69, 9.17) is 28.3 Å². The molecule has 108 valence electrons. The second kappa shape index (κ2) is 6.43. The highest BCUT2D eigenvalue weighted by Crippen LogP contribution is 2.29. The lowest BCUT2D eigenvalue weighted by atomic mass is 10.2. The third-order valence-corrected chi connectivity index (χ3v) is 5.52. The molecule has 1 aromatic carbocycles. The van der Waals surface area contributed by atoms with Crippen LogP contribution in [0, 0.1) is 0 Å². The molecule has 0 bridgehead atoms. The standard InChI is InChI=1S/C12H11Cl2NO3S2/c13-10-3-9(6-16)12(14)11(4-10)20(17,18)15-5-8-1-2-19-7-8/h1-4,7,15-16H,5-6H2. The average Bonchev–Trinajstić information content (AvgIpc) is 2.92. The van der Waals surface area contributed by atoms with Crippen molar-refractivity contribution in [3.8, 4) is 0 Å². The minimum atomic E-state index is -3.79. The molecule has 0 atom stereocenters. The minimum absolute atomic E-state index is 0.0188. The highest BCUT2D eigenvalue weighted by molar-refractivity contribution is 7.89. The van der Waals surface area contributed by atoms with Gasteiger partial charge in [0.05, 0.1) is 11.6 Å². The molecular weight excluding hydrogens is 341 g/mol. The molecule has 0 aliphatic heterocycles. The maximum atomic E-state index is 12.2. The summed E-state index contributed by atoms with van der Waals surface area (Å²) >= 11 is 13.3. The summed E-state index contributed by atoms with van der Waals surface area (Å²) < 4.78 is 26.9. The summed E-state index contributed by atoms with van der Waals surface area (Å²) in [5.74, 6) is 0. The van der Waals surface area contributed by atoms with Crippen molar-refractivity contribution < 1.29 is 13.5 Å². The van der Waals surface area contributed by atoms with E-state index < -0.39 is 10.0 Å². The van der Waals surface area contributed by atoms with Crippen LogP contribution in [0.4, 0.5) is 0 Å². The molecule has 0 saturated carbocycles. The summed E-state index contributed by atoms with van der Waals surface area (Å²) in [6.45, 7) is -0.213. The predicted octanol–water partition coefficient (Wildman–Crippen LogP) is 3.03. The highest BCUT2D eigenvalue weighted by atomic mass is 35.5. The Bertz CT molecular complexity index is 700. The van der Waals surface area contributed by atoms with Crippen LogP contribution in [0.2, 0.25) is 10.0 Å². The van der Waals surface area contributed by atoms with Crippen LogP contribution in [-0.2, 0) is 23.2 Å². The molecule has 2 rings (SSSR count). The minimum Gasteiger partial charge on any atom is -0.392 e.